The fraction of sp³-hybridized carbons (Fsp3) is 0.263. The summed E-state index contributed by atoms with van der Waals surface area (Å²) in [5.41, 5.74) is 2.41. The zero-order valence-electron chi connectivity index (χ0n) is 14.6. The van der Waals surface area contributed by atoms with E-state index in [1.165, 1.54) is 0 Å². The van der Waals surface area contributed by atoms with Crippen molar-refractivity contribution in [2.75, 3.05) is 32.1 Å². The minimum absolute atomic E-state index is 0.112. The number of pyridine rings is 1. The molecule has 1 amide bonds. The lowest BCUT2D eigenvalue weighted by Crippen LogP contribution is -2.30. The van der Waals surface area contributed by atoms with E-state index in [1.807, 2.05) is 53.2 Å². The van der Waals surface area contributed by atoms with Crippen molar-refractivity contribution in [3.63, 3.8) is 0 Å². The van der Waals surface area contributed by atoms with E-state index in [-0.39, 0.29) is 12.5 Å². The highest BCUT2D eigenvalue weighted by molar-refractivity contribution is 5.92. The van der Waals surface area contributed by atoms with Crippen LogP contribution in [0.4, 0.5) is 5.69 Å². The third-order valence-electron chi connectivity index (χ3n) is 3.69. The molecule has 2 heterocycles. The van der Waals surface area contributed by atoms with Gasteiger partial charge in [-0.3, -0.25) is 4.79 Å². The molecule has 0 bridgehead atoms. The molecule has 2 N–H and O–H groups in total. The summed E-state index contributed by atoms with van der Waals surface area (Å²) in [6, 6.07) is 13.2. The van der Waals surface area contributed by atoms with Gasteiger partial charge in [-0.1, -0.05) is 12.1 Å². The quantitative estimate of drug-likeness (QED) is 0.576. The van der Waals surface area contributed by atoms with Crippen LogP contribution in [0.5, 0.6) is 5.75 Å². The maximum atomic E-state index is 11.9. The zero-order chi connectivity index (χ0) is 18.2. The molecule has 26 heavy (non-hydrogen) atoms. The van der Waals surface area contributed by atoms with Crippen LogP contribution in [0.25, 0.3) is 5.65 Å². The second-order valence-corrected chi connectivity index (χ2v) is 5.73. The number of aromatic nitrogens is 2. The van der Waals surface area contributed by atoms with Gasteiger partial charge in [-0.05, 0) is 24.3 Å². The Balaban J connectivity index is 1.52. The number of hydrogen-bond acceptors (Lipinski definition) is 5. The van der Waals surface area contributed by atoms with Crippen LogP contribution in [0, 0.1) is 0 Å². The number of carbonyl (C=O) groups is 1. The minimum Gasteiger partial charge on any atom is -0.487 e. The Bertz CT molecular complexity index is 830. The fourth-order valence-corrected chi connectivity index (χ4v) is 2.46. The summed E-state index contributed by atoms with van der Waals surface area (Å²) in [6.07, 6.45) is 3.88. The molecule has 0 fully saturated rings. The molecule has 2 aromatic heterocycles. The predicted molar refractivity (Wildman–Crippen MR) is 99.3 cm³/mol. The van der Waals surface area contributed by atoms with Crippen molar-refractivity contribution in [3.05, 3.63) is 60.6 Å². The lowest BCUT2D eigenvalue weighted by molar-refractivity contribution is -0.115. The first-order valence-corrected chi connectivity index (χ1v) is 8.39. The summed E-state index contributed by atoms with van der Waals surface area (Å²) in [4.78, 5) is 16.4. The number of hydrogen-bond donors (Lipinski definition) is 2. The van der Waals surface area contributed by atoms with Crippen LogP contribution >= 0.6 is 0 Å². The van der Waals surface area contributed by atoms with Gasteiger partial charge in [0.15, 0.2) is 0 Å². The number of carbonyl (C=O) groups excluding carboxylic acids is 1. The molecule has 0 aliphatic carbocycles. The molecule has 0 aliphatic rings. The van der Waals surface area contributed by atoms with Gasteiger partial charge in [0.2, 0.25) is 5.91 Å². The Hall–Kier alpha value is -2.90. The Kier molecular flexibility index (Phi) is 6.19. The fourth-order valence-electron chi connectivity index (χ4n) is 2.46. The summed E-state index contributed by atoms with van der Waals surface area (Å²) in [6.45, 7) is 1.79. The van der Waals surface area contributed by atoms with E-state index in [4.69, 9.17) is 9.47 Å². The maximum absolute atomic E-state index is 11.9. The maximum Gasteiger partial charge on any atom is 0.238 e. The largest absolute Gasteiger partial charge is 0.487 e. The molecule has 3 aromatic rings. The number of benzene rings is 1. The van der Waals surface area contributed by atoms with Gasteiger partial charge in [-0.25, -0.2) is 4.98 Å². The van der Waals surface area contributed by atoms with Crippen molar-refractivity contribution in [2.24, 2.45) is 0 Å². The standard InChI is InChI=1S/C19H22N4O3/c1-25-10-8-20-12-19(24)22-15-5-4-6-17(11-15)26-14-16-13-23-9-3-2-7-18(23)21-16/h2-7,9,11,13,20H,8,10,12,14H2,1H3,(H,22,24). The highest BCUT2D eigenvalue weighted by Crippen LogP contribution is 2.18. The van der Waals surface area contributed by atoms with Gasteiger partial charge >= 0.3 is 0 Å². The summed E-state index contributed by atoms with van der Waals surface area (Å²) < 4.78 is 12.7. The normalized spacial score (nSPS) is 10.8. The Morgan fingerprint density at radius 1 is 1.23 bits per heavy atom. The Labute approximate surface area is 152 Å². The predicted octanol–water partition coefficient (Wildman–Crippen LogP) is 2.09. The van der Waals surface area contributed by atoms with Crippen molar-refractivity contribution in [3.8, 4) is 5.75 Å². The second kappa shape index (κ2) is 8.98. The zero-order valence-corrected chi connectivity index (χ0v) is 14.6. The number of methoxy groups -OCH3 is 1. The van der Waals surface area contributed by atoms with E-state index in [0.29, 0.717) is 31.2 Å². The number of nitrogens with zero attached hydrogens (tertiary/aromatic N) is 2. The first kappa shape index (κ1) is 17.9. The molecule has 7 heteroatoms. The SMILES string of the molecule is COCCNCC(=O)Nc1cccc(OCc2cn3ccccc3n2)c1. The molecule has 3 rings (SSSR count). The van der Waals surface area contributed by atoms with Gasteiger partial charge in [0.25, 0.3) is 0 Å². The lowest BCUT2D eigenvalue weighted by Gasteiger charge is -2.09. The van der Waals surface area contributed by atoms with E-state index in [9.17, 15) is 4.79 Å². The summed E-state index contributed by atoms with van der Waals surface area (Å²) in [5.74, 6) is 0.561. The Morgan fingerprint density at radius 3 is 3.00 bits per heavy atom. The van der Waals surface area contributed by atoms with Crippen molar-refractivity contribution >= 4 is 17.2 Å². The van der Waals surface area contributed by atoms with Crippen LogP contribution in [-0.2, 0) is 16.1 Å². The van der Waals surface area contributed by atoms with E-state index >= 15 is 0 Å². The van der Waals surface area contributed by atoms with Crippen molar-refractivity contribution < 1.29 is 14.3 Å². The van der Waals surface area contributed by atoms with Gasteiger partial charge in [-0.15, -0.1) is 0 Å². The molecule has 7 nitrogen and oxygen atoms in total. The molecule has 0 spiro atoms. The van der Waals surface area contributed by atoms with Crippen molar-refractivity contribution in [2.45, 2.75) is 6.61 Å². The van der Waals surface area contributed by atoms with Crippen LogP contribution in [-0.4, -0.2) is 42.1 Å². The molecule has 0 radical (unpaired) electrons. The smallest absolute Gasteiger partial charge is 0.238 e. The average Bonchev–Trinajstić information content (AvgIpc) is 3.07. The van der Waals surface area contributed by atoms with Gasteiger partial charge in [0.05, 0.1) is 18.8 Å². The van der Waals surface area contributed by atoms with Crippen LogP contribution in [0.3, 0.4) is 0 Å². The minimum atomic E-state index is -0.112. The molecule has 1 aromatic carbocycles. The molecule has 0 saturated carbocycles. The average molecular weight is 354 g/mol. The van der Waals surface area contributed by atoms with Gasteiger partial charge in [0, 0.05) is 37.8 Å². The van der Waals surface area contributed by atoms with Gasteiger partial charge < -0.3 is 24.5 Å². The summed E-state index contributed by atoms with van der Waals surface area (Å²) in [7, 11) is 1.62. The van der Waals surface area contributed by atoms with Gasteiger partial charge in [0.1, 0.15) is 18.0 Å². The van der Waals surface area contributed by atoms with Crippen molar-refractivity contribution in [1.82, 2.24) is 14.7 Å². The first-order chi connectivity index (χ1) is 12.7. The molecule has 0 saturated heterocycles. The second-order valence-electron chi connectivity index (χ2n) is 5.73. The molecule has 136 valence electrons. The molecular formula is C19H22N4O3. The lowest BCUT2D eigenvalue weighted by atomic mass is 10.3. The van der Waals surface area contributed by atoms with E-state index in [0.717, 1.165) is 11.3 Å². The molecule has 0 atom stereocenters. The monoisotopic (exact) mass is 354 g/mol. The number of nitrogens with one attached hydrogen (secondary N) is 2. The number of rotatable bonds is 9. The van der Waals surface area contributed by atoms with Crippen molar-refractivity contribution in [1.29, 1.82) is 0 Å². The highest BCUT2D eigenvalue weighted by Gasteiger charge is 2.05. The third kappa shape index (κ3) is 5.05. The number of fused-ring (bicyclic) bond motifs is 1. The number of amides is 1. The number of anilines is 1. The number of ether oxygens (including phenoxy) is 2. The highest BCUT2D eigenvalue weighted by atomic mass is 16.5. The van der Waals surface area contributed by atoms with Crippen LogP contribution in [0.2, 0.25) is 0 Å². The Morgan fingerprint density at radius 2 is 2.15 bits per heavy atom. The molecule has 0 aliphatic heterocycles. The molecular weight excluding hydrogens is 332 g/mol. The van der Waals surface area contributed by atoms with Crippen LogP contribution < -0.4 is 15.4 Å². The van der Waals surface area contributed by atoms with Crippen LogP contribution in [0.1, 0.15) is 5.69 Å². The topological polar surface area (TPSA) is 76.9 Å². The van der Waals surface area contributed by atoms with Gasteiger partial charge in [-0.2, -0.15) is 0 Å². The van der Waals surface area contributed by atoms with E-state index < -0.39 is 0 Å². The third-order valence-corrected chi connectivity index (χ3v) is 3.69. The van der Waals surface area contributed by atoms with E-state index in [1.54, 1.807) is 13.2 Å². The number of imidazole rings is 1. The first-order valence-electron chi connectivity index (χ1n) is 8.39. The summed E-state index contributed by atoms with van der Waals surface area (Å²) in [5, 5.41) is 5.84. The van der Waals surface area contributed by atoms with E-state index in [2.05, 4.69) is 15.6 Å². The summed E-state index contributed by atoms with van der Waals surface area (Å²) >= 11 is 0. The molecule has 0 unspecified atom stereocenters. The van der Waals surface area contributed by atoms with Crippen LogP contribution in [0.15, 0.2) is 54.9 Å².